The molecule has 2 heterocycles. The molecule has 0 aromatic carbocycles. The van der Waals surface area contributed by atoms with Gasteiger partial charge in [-0.1, -0.05) is 118 Å². The van der Waals surface area contributed by atoms with Gasteiger partial charge in [0.15, 0.2) is 0 Å². The minimum Gasteiger partial charge on any atom is -0.379 e. The van der Waals surface area contributed by atoms with Crippen molar-refractivity contribution in [2.24, 2.45) is 0 Å². The highest BCUT2D eigenvalue weighted by Gasteiger charge is 2.22. The van der Waals surface area contributed by atoms with Gasteiger partial charge in [0, 0.05) is 19.6 Å². The first-order valence-electron chi connectivity index (χ1n) is 15.6. The van der Waals surface area contributed by atoms with Crippen LogP contribution in [0.2, 0.25) is 0 Å². The molecule has 218 valence electrons. The Hall–Kier alpha value is -0.490. The standard InChI is InChI=1S/C13H26O2.C10H20O2.C6H12O.C2H6/c1-2-3-4-5-6-7-8-9-10-14-11-13-12-15-13;1-2-3-4-5-6-7-11-8-10-9-12-10;1-2-3-4-5-6-7;1-2/h13H,2-12H2,1H3;10H,2-9H2,1H3;6H,2-5H2,1H3;1-2H3. The lowest BCUT2D eigenvalue weighted by atomic mass is 10.1. The van der Waals surface area contributed by atoms with Crippen LogP contribution in [0.15, 0.2) is 0 Å². The number of unbranched alkanes of at least 4 members (excludes halogenated alkanes) is 14. The van der Waals surface area contributed by atoms with Gasteiger partial charge in [0.05, 0.1) is 26.4 Å². The molecule has 5 heteroatoms. The predicted molar refractivity (Wildman–Crippen MR) is 154 cm³/mol. The summed E-state index contributed by atoms with van der Waals surface area (Å²) < 4.78 is 21.0. The van der Waals surface area contributed by atoms with E-state index < -0.39 is 0 Å². The van der Waals surface area contributed by atoms with Crippen LogP contribution < -0.4 is 0 Å². The maximum atomic E-state index is 9.68. The molecular weight excluding hydrogens is 452 g/mol. The number of epoxide rings is 2. The van der Waals surface area contributed by atoms with Gasteiger partial charge in [-0.25, -0.2) is 0 Å². The molecule has 2 atom stereocenters. The second kappa shape index (κ2) is 34.5. The average molecular weight is 517 g/mol. The van der Waals surface area contributed by atoms with E-state index in [0.717, 1.165) is 58.8 Å². The molecule has 0 aromatic rings. The summed E-state index contributed by atoms with van der Waals surface area (Å²) in [4.78, 5) is 9.68. The van der Waals surface area contributed by atoms with Crippen LogP contribution in [-0.2, 0) is 23.7 Å². The van der Waals surface area contributed by atoms with Crippen LogP contribution in [0, 0.1) is 0 Å². The molecule has 2 saturated heterocycles. The molecular formula is C31H64O5. The van der Waals surface area contributed by atoms with Gasteiger partial charge in [-0.2, -0.15) is 0 Å². The molecule has 2 aliphatic rings. The second-order valence-electron chi connectivity index (χ2n) is 9.61. The molecule has 0 aliphatic carbocycles. The monoisotopic (exact) mass is 516 g/mol. The molecule has 0 bridgehead atoms. The topological polar surface area (TPSA) is 60.6 Å². The highest BCUT2D eigenvalue weighted by Crippen LogP contribution is 2.11. The molecule has 2 aliphatic heterocycles. The van der Waals surface area contributed by atoms with E-state index in [9.17, 15) is 4.79 Å². The molecule has 0 saturated carbocycles. The summed E-state index contributed by atoms with van der Waals surface area (Å²) in [6.45, 7) is 15.9. The van der Waals surface area contributed by atoms with Gasteiger partial charge < -0.3 is 23.7 Å². The third-order valence-electron chi connectivity index (χ3n) is 5.87. The second-order valence-corrected chi connectivity index (χ2v) is 9.61. The lowest BCUT2D eigenvalue weighted by molar-refractivity contribution is -0.107. The van der Waals surface area contributed by atoms with Crippen LogP contribution in [-0.4, -0.2) is 58.1 Å². The first kappa shape index (κ1) is 37.7. The van der Waals surface area contributed by atoms with Crippen molar-refractivity contribution >= 4 is 6.29 Å². The lowest BCUT2D eigenvalue weighted by Crippen LogP contribution is -2.02. The fourth-order valence-corrected chi connectivity index (χ4v) is 3.38. The molecule has 0 spiro atoms. The summed E-state index contributed by atoms with van der Waals surface area (Å²) in [5.41, 5.74) is 0. The van der Waals surface area contributed by atoms with Gasteiger partial charge in [0.1, 0.15) is 18.5 Å². The molecule has 2 unspecified atom stereocenters. The molecule has 0 N–H and O–H groups in total. The van der Waals surface area contributed by atoms with Crippen LogP contribution >= 0.6 is 0 Å². The molecule has 36 heavy (non-hydrogen) atoms. The number of carbonyl (C=O) groups is 1. The molecule has 2 rings (SSSR count). The van der Waals surface area contributed by atoms with Gasteiger partial charge in [-0.15, -0.1) is 0 Å². The Morgan fingerprint density at radius 2 is 0.917 bits per heavy atom. The minimum absolute atomic E-state index is 0.430. The predicted octanol–water partition coefficient (Wildman–Crippen LogP) is 8.71. The number of hydrogen-bond acceptors (Lipinski definition) is 5. The van der Waals surface area contributed by atoms with E-state index in [4.69, 9.17) is 18.9 Å². The highest BCUT2D eigenvalue weighted by molar-refractivity contribution is 5.48. The molecule has 0 radical (unpaired) electrons. The Morgan fingerprint density at radius 3 is 1.25 bits per heavy atom. The van der Waals surface area contributed by atoms with Gasteiger partial charge in [-0.3, -0.25) is 0 Å². The van der Waals surface area contributed by atoms with Crippen LogP contribution in [0.5, 0.6) is 0 Å². The van der Waals surface area contributed by atoms with Crippen LogP contribution in [0.25, 0.3) is 0 Å². The van der Waals surface area contributed by atoms with Gasteiger partial charge in [0.25, 0.3) is 0 Å². The van der Waals surface area contributed by atoms with Crippen LogP contribution in [0.3, 0.4) is 0 Å². The Kier molecular flexibility index (Phi) is 36.1. The highest BCUT2D eigenvalue weighted by atomic mass is 16.6. The number of rotatable bonds is 23. The SMILES string of the molecule is CC.CCCCCC=O.CCCCCCCCCCOCC1CO1.CCCCCCCOCC1CO1. The van der Waals surface area contributed by atoms with Crippen molar-refractivity contribution in [3.05, 3.63) is 0 Å². The maximum absolute atomic E-state index is 9.68. The largest absolute Gasteiger partial charge is 0.379 e. The number of aldehydes is 1. The minimum atomic E-state index is 0.430. The van der Waals surface area contributed by atoms with Crippen molar-refractivity contribution < 1.29 is 23.7 Å². The zero-order valence-corrected chi connectivity index (χ0v) is 25.0. The fourth-order valence-electron chi connectivity index (χ4n) is 3.38. The van der Waals surface area contributed by atoms with Gasteiger partial charge in [-0.05, 0) is 19.3 Å². The summed E-state index contributed by atoms with van der Waals surface area (Å²) in [5.74, 6) is 0. The van der Waals surface area contributed by atoms with Crippen molar-refractivity contribution in [1.29, 1.82) is 0 Å². The van der Waals surface area contributed by atoms with E-state index >= 15 is 0 Å². The molecule has 2 fully saturated rings. The smallest absolute Gasteiger partial charge is 0.119 e. The quantitative estimate of drug-likeness (QED) is 0.0772. The number of ether oxygens (including phenoxy) is 4. The summed E-state index contributed by atoms with van der Waals surface area (Å²) in [5, 5.41) is 0. The zero-order chi connectivity index (χ0) is 27.0. The van der Waals surface area contributed by atoms with E-state index in [1.807, 2.05) is 13.8 Å². The Balaban J connectivity index is 0. The van der Waals surface area contributed by atoms with E-state index in [-0.39, 0.29) is 0 Å². The first-order valence-corrected chi connectivity index (χ1v) is 15.6. The molecule has 0 aromatic heterocycles. The van der Waals surface area contributed by atoms with Crippen molar-refractivity contribution in [2.75, 3.05) is 39.6 Å². The Bertz CT molecular complexity index is 383. The van der Waals surface area contributed by atoms with Crippen LogP contribution in [0.4, 0.5) is 0 Å². The first-order chi connectivity index (χ1) is 17.8. The lowest BCUT2D eigenvalue weighted by Gasteiger charge is -2.02. The van der Waals surface area contributed by atoms with E-state index in [2.05, 4.69) is 20.8 Å². The Morgan fingerprint density at radius 1 is 0.583 bits per heavy atom. The van der Waals surface area contributed by atoms with E-state index in [0.29, 0.717) is 12.2 Å². The van der Waals surface area contributed by atoms with Crippen molar-refractivity contribution in [2.45, 2.75) is 156 Å². The summed E-state index contributed by atoms with van der Waals surface area (Å²) in [7, 11) is 0. The zero-order valence-electron chi connectivity index (χ0n) is 25.0. The normalized spacial score (nSPS) is 17.0. The molecule has 5 nitrogen and oxygen atoms in total. The van der Waals surface area contributed by atoms with Crippen molar-refractivity contribution in [3.8, 4) is 0 Å². The third kappa shape index (κ3) is 38.0. The maximum Gasteiger partial charge on any atom is 0.119 e. The van der Waals surface area contributed by atoms with Gasteiger partial charge >= 0.3 is 0 Å². The van der Waals surface area contributed by atoms with Gasteiger partial charge in [0.2, 0.25) is 0 Å². The Labute approximate surface area is 225 Å². The van der Waals surface area contributed by atoms with Crippen molar-refractivity contribution in [1.82, 2.24) is 0 Å². The fraction of sp³-hybridized carbons (Fsp3) is 0.968. The molecule has 0 amide bonds. The number of hydrogen-bond donors (Lipinski definition) is 0. The summed E-state index contributed by atoms with van der Waals surface area (Å²) in [6, 6.07) is 0. The average Bonchev–Trinajstić information content (AvgIpc) is 3.83. The van der Waals surface area contributed by atoms with E-state index in [1.165, 1.54) is 96.3 Å². The van der Waals surface area contributed by atoms with Crippen LogP contribution in [0.1, 0.15) is 144 Å². The number of carbonyl (C=O) groups excluding carboxylic acids is 1. The third-order valence-corrected chi connectivity index (χ3v) is 5.87. The van der Waals surface area contributed by atoms with E-state index in [1.54, 1.807) is 0 Å². The van der Waals surface area contributed by atoms with Crippen molar-refractivity contribution in [3.63, 3.8) is 0 Å². The summed E-state index contributed by atoms with van der Waals surface area (Å²) in [6.07, 6.45) is 23.6. The summed E-state index contributed by atoms with van der Waals surface area (Å²) >= 11 is 0.